The second-order valence-corrected chi connectivity index (χ2v) is 8.44. The van der Waals surface area contributed by atoms with E-state index in [0.29, 0.717) is 13.0 Å². The van der Waals surface area contributed by atoms with Crippen molar-refractivity contribution < 1.29 is 14.4 Å². The summed E-state index contributed by atoms with van der Waals surface area (Å²) in [7, 11) is 0. The van der Waals surface area contributed by atoms with Gasteiger partial charge in [-0.3, -0.25) is 14.4 Å². The Morgan fingerprint density at radius 1 is 1.03 bits per heavy atom. The highest BCUT2D eigenvalue weighted by molar-refractivity contribution is 8.00. The Morgan fingerprint density at radius 2 is 1.77 bits per heavy atom. The molecular formula is C23H27N3O3S. The number of nitrogens with zero attached hydrogens (tertiary/aromatic N) is 1. The van der Waals surface area contributed by atoms with Crippen molar-refractivity contribution in [1.82, 2.24) is 5.32 Å². The average Bonchev–Trinajstić information content (AvgIpc) is 3.15. The van der Waals surface area contributed by atoms with E-state index in [-0.39, 0.29) is 29.2 Å². The molecule has 1 aliphatic heterocycles. The van der Waals surface area contributed by atoms with Gasteiger partial charge in [-0.15, -0.1) is 11.8 Å². The lowest BCUT2D eigenvalue weighted by molar-refractivity contribution is -0.119. The molecular weight excluding hydrogens is 398 g/mol. The number of benzene rings is 2. The molecule has 1 fully saturated rings. The minimum Gasteiger partial charge on any atom is -0.351 e. The van der Waals surface area contributed by atoms with E-state index in [1.807, 2.05) is 56.3 Å². The SMILES string of the molecule is Cc1ccc(NC(=O)CSCC(=O)NCc2ccc(N3CCCC3=O)cc2)c(C)c1. The molecule has 0 saturated carbocycles. The summed E-state index contributed by atoms with van der Waals surface area (Å²) in [5.74, 6) is 0.375. The van der Waals surface area contributed by atoms with Crippen LogP contribution in [0.3, 0.4) is 0 Å². The Morgan fingerprint density at radius 3 is 2.43 bits per heavy atom. The van der Waals surface area contributed by atoms with Crippen LogP contribution in [0, 0.1) is 13.8 Å². The van der Waals surface area contributed by atoms with Gasteiger partial charge in [0, 0.05) is 30.9 Å². The van der Waals surface area contributed by atoms with Gasteiger partial charge < -0.3 is 15.5 Å². The Hall–Kier alpha value is -2.80. The molecule has 0 aromatic heterocycles. The summed E-state index contributed by atoms with van der Waals surface area (Å²) >= 11 is 1.28. The lowest BCUT2D eigenvalue weighted by Crippen LogP contribution is -2.26. The smallest absolute Gasteiger partial charge is 0.234 e. The zero-order chi connectivity index (χ0) is 21.5. The third-order valence-electron chi connectivity index (χ3n) is 4.93. The van der Waals surface area contributed by atoms with E-state index in [0.717, 1.165) is 41.0 Å². The van der Waals surface area contributed by atoms with Crippen molar-refractivity contribution in [2.45, 2.75) is 33.2 Å². The Labute approximate surface area is 181 Å². The summed E-state index contributed by atoms with van der Waals surface area (Å²) in [6.07, 6.45) is 1.51. The van der Waals surface area contributed by atoms with Gasteiger partial charge >= 0.3 is 0 Å². The van der Waals surface area contributed by atoms with Crippen molar-refractivity contribution in [3.63, 3.8) is 0 Å². The van der Waals surface area contributed by atoms with Gasteiger partial charge in [0.15, 0.2) is 0 Å². The molecule has 0 atom stereocenters. The molecule has 6 nitrogen and oxygen atoms in total. The summed E-state index contributed by atoms with van der Waals surface area (Å²) in [6.45, 7) is 5.15. The molecule has 0 spiro atoms. The van der Waals surface area contributed by atoms with E-state index in [1.54, 1.807) is 4.90 Å². The first-order valence-electron chi connectivity index (χ1n) is 10.0. The number of amides is 3. The Bertz CT molecular complexity index is 928. The molecule has 3 amide bonds. The van der Waals surface area contributed by atoms with Gasteiger partial charge in [-0.2, -0.15) is 0 Å². The summed E-state index contributed by atoms with van der Waals surface area (Å²) in [6, 6.07) is 13.5. The number of aryl methyl sites for hydroxylation is 2. The third kappa shape index (κ3) is 6.10. The third-order valence-corrected chi connectivity index (χ3v) is 5.87. The number of thioether (sulfide) groups is 1. The fourth-order valence-corrected chi connectivity index (χ4v) is 3.99. The van der Waals surface area contributed by atoms with Gasteiger partial charge in [-0.1, -0.05) is 29.8 Å². The molecule has 1 saturated heterocycles. The van der Waals surface area contributed by atoms with Crippen LogP contribution in [0.25, 0.3) is 0 Å². The minimum atomic E-state index is -0.119. The van der Waals surface area contributed by atoms with E-state index in [4.69, 9.17) is 0 Å². The number of anilines is 2. The number of hydrogen-bond donors (Lipinski definition) is 2. The second kappa shape index (κ2) is 10.3. The summed E-state index contributed by atoms with van der Waals surface area (Å²) in [5, 5.41) is 5.74. The first-order valence-corrected chi connectivity index (χ1v) is 11.2. The first kappa shape index (κ1) is 21.9. The highest BCUT2D eigenvalue weighted by Gasteiger charge is 2.21. The molecule has 7 heteroatoms. The Kier molecular flexibility index (Phi) is 7.52. The number of carbonyl (C=O) groups is 3. The molecule has 3 rings (SSSR count). The maximum Gasteiger partial charge on any atom is 0.234 e. The number of hydrogen-bond acceptors (Lipinski definition) is 4. The van der Waals surface area contributed by atoms with Crippen LogP contribution >= 0.6 is 11.8 Å². The maximum absolute atomic E-state index is 12.1. The molecule has 0 aliphatic carbocycles. The maximum atomic E-state index is 12.1. The number of carbonyl (C=O) groups excluding carboxylic acids is 3. The first-order chi connectivity index (χ1) is 14.4. The van der Waals surface area contributed by atoms with Crippen LogP contribution in [0.1, 0.15) is 29.5 Å². The molecule has 1 heterocycles. The van der Waals surface area contributed by atoms with E-state index >= 15 is 0 Å². The molecule has 0 unspecified atom stereocenters. The van der Waals surface area contributed by atoms with E-state index in [9.17, 15) is 14.4 Å². The van der Waals surface area contributed by atoms with Crippen molar-refractivity contribution in [2.24, 2.45) is 0 Å². The lowest BCUT2D eigenvalue weighted by Gasteiger charge is -2.16. The summed E-state index contributed by atoms with van der Waals surface area (Å²) < 4.78 is 0. The molecule has 1 aliphatic rings. The van der Waals surface area contributed by atoms with Gasteiger partial charge in [-0.25, -0.2) is 0 Å². The Balaban J connectivity index is 1.36. The molecule has 2 N–H and O–H groups in total. The van der Waals surface area contributed by atoms with Gasteiger partial charge in [0.05, 0.1) is 11.5 Å². The molecule has 2 aromatic carbocycles. The predicted octanol–water partition coefficient (Wildman–Crippen LogP) is 3.42. The van der Waals surface area contributed by atoms with Gasteiger partial charge in [0.1, 0.15) is 0 Å². The molecule has 0 bridgehead atoms. The van der Waals surface area contributed by atoms with Crippen LogP contribution < -0.4 is 15.5 Å². The van der Waals surface area contributed by atoms with Crippen LogP contribution in [-0.2, 0) is 20.9 Å². The number of rotatable bonds is 8. The van der Waals surface area contributed by atoms with Crippen LogP contribution in [-0.4, -0.2) is 35.8 Å². The van der Waals surface area contributed by atoms with Gasteiger partial charge in [0.25, 0.3) is 0 Å². The van der Waals surface area contributed by atoms with E-state index < -0.39 is 0 Å². The summed E-state index contributed by atoms with van der Waals surface area (Å²) in [4.78, 5) is 37.7. The highest BCUT2D eigenvalue weighted by atomic mass is 32.2. The van der Waals surface area contributed by atoms with Crippen molar-refractivity contribution in [3.05, 3.63) is 59.2 Å². The normalized spacial score (nSPS) is 13.4. The van der Waals surface area contributed by atoms with Crippen molar-refractivity contribution in [2.75, 3.05) is 28.3 Å². The quantitative estimate of drug-likeness (QED) is 0.679. The predicted molar refractivity (Wildman–Crippen MR) is 122 cm³/mol. The molecule has 30 heavy (non-hydrogen) atoms. The van der Waals surface area contributed by atoms with E-state index in [2.05, 4.69) is 10.6 Å². The zero-order valence-electron chi connectivity index (χ0n) is 17.4. The fraction of sp³-hybridized carbons (Fsp3) is 0.348. The summed E-state index contributed by atoms with van der Waals surface area (Å²) in [5.41, 5.74) is 4.84. The largest absolute Gasteiger partial charge is 0.351 e. The molecule has 2 aromatic rings. The molecule has 0 radical (unpaired) electrons. The van der Waals surface area contributed by atoms with Crippen LogP contribution in [0.5, 0.6) is 0 Å². The van der Waals surface area contributed by atoms with Gasteiger partial charge in [-0.05, 0) is 49.6 Å². The van der Waals surface area contributed by atoms with Crippen molar-refractivity contribution in [3.8, 4) is 0 Å². The monoisotopic (exact) mass is 425 g/mol. The average molecular weight is 426 g/mol. The fourth-order valence-electron chi connectivity index (χ4n) is 3.34. The van der Waals surface area contributed by atoms with Crippen LogP contribution in [0.15, 0.2) is 42.5 Å². The number of nitrogens with one attached hydrogen (secondary N) is 2. The van der Waals surface area contributed by atoms with Crippen molar-refractivity contribution >= 4 is 40.9 Å². The molecule has 158 valence electrons. The van der Waals surface area contributed by atoms with Gasteiger partial charge in [0.2, 0.25) is 17.7 Å². The highest BCUT2D eigenvalue weighted by Crippen LogP contribution is 2.21. The standard InChI is InChI=1S/C23H27N3O3S/c1-16-5-10-20(17(2)12-16)25-22(28)15-30-14-21(27)24-13-18-6-8-19(9-7-18)26-11-3-4-23(26)29/h5-10,12H,3-4,11,13-15H2,1-2H3,(H,24,27)(H,25,28). The topological polar surface area (TPSA) is 78.5 Å². The van der Waals surface area contributed by atoms with Crippen LogP contribution in [0.2, 0.25) is 0 Å². The lowest BCUT2D eigenvalue weighted by atomic mass is 10.1. The second-order valence-electron chi connectivity index (χ2n) is 7.45. The minimum absolute atomic E-state index is 0.113. The zero-order valence-corrected chi connectivity index (χ0v) is 18.2. The van der Waals surface area contributed by atoms with Crippen LogP contribution in [0.4, 0.5) is 11.4 Å². The van der Waals surface area contributed by atoms with Crippen molar-refractivity contribution in [1.29, 1.82) is 0 Å². The van der Waals surface area contributed by atoms with E-state index in [1.165, 1.54) is 11.8 Å².